The third-order valence-corrected chi connectivity index (χ3v) is 3.47. The van der Waals surface area contributed by atoms with E-state index >= 15 is 0 Å². The van der Waals surface area contributed by atoms with E-state index < -0.39 is 0 Å². The molecule has 5 heteroatoms. The Hall–Kier alpha value is -1.39. The molecule has 0 bridgehead atoms. The van der Waals surface area contributed by atoms with Crippen molar-refractivity contribution in [3.8, 4) is 0 Å². The fourth-order valence-corrected chi connectivity index (χ4v) is 2.42. The SMILES string of the molecule is CN(Cc1cccs1)C(=O)c1cccnc1Cl. The van der Waals surface area contributed by atoms with Crippen molar-refractivity contribution in [2.45, 2.75) is 6.54 Å². The summed E-state index contributed by atoms with van der Waals surface area (Å²) in [7, 11) is 1.76. The average Bonchev–Trinajstić information content (AvgIpc) is 2.81. The van der Waals surface area contributed by atoms with Crippen LogP contribution in [0.15, 0.2) is 35.8 Å². The molecule has 2 heterocycles. The molecule has 0 aromatic carbocycles. The molecule has 0 unspecified atom stereocenters. The van der Waals surface area contributed by atoms with Crippen molar-refractivity contribution in [1.82, 2.24) is 9.88 Å². The molecule has 17 heavy (non-hydrogen) atoms. The molecule has 2 aromatic heterocycles. The molecule has 0 fully saturated rings. The predicted molar refractivity (Wildman–Crippen MR) is 69.4 cm³/mol. The summed E-state index contributed by atoms with van der Waals surface area (Å²) < 4.78 is 0. The summed E-state index contributed by atoms with van der Waals surface area (Å²) >= 11 is 7.51. The number of pyridine rings is 1. The van der Waals surface area contributed by atoms with E-state index in [9.17, 15) is 4.79 Å². The zero-order valence-electron chi connectivity index (χ0n) is 9.26. The number of hydrogen-bond acceptors (Lipinski definition) is 3. The summed E-state index contributed by atoms with van der Waals surface area (Å²) in [6.45, 7) is 0.585. The number of amides is 1. The van der Waals surface area contributed by atoms with Gasteiger partial charge in [-0.05, 0) is 23.6 Å². The Morgan fingerprint density at radius 2 is 2.29 bits per heavy atom. The molecule has 1 amide bonds. The highest BCUT2D eigenvalue weighted by Gasteiger charge is 2.15. The van der Waals surface area contributed by atoms with Gasteiger partial charge in [-0.15, -0.1) is 11.3 Å². The molecule has 88 valence electrons. The van der Waals surface area contributed by atoms with Gasteiger partial charge in [-0.1, -0.05) is 17.7 Å². The van der Waals surface area contributed by atoms with E-state index in [2.05, 4.69) is 4.98 Å². The van der Waals surface area contributed by atoms with Crippen LogP contribution < -0.4 is 0 Å². The summed E-state index contributed by atoms with van der Waals surface area (Å²) in [5, 5.41) is 2.24. The van der Waals surface area contributed by atoms with Gasteiger partial charge in [0.1, 0.15) is 5.15 Å². The molecule has 0 N–H and O–H groups in total. The maximum Gasteiger partial charge on any atom is 0.257 e. The normalized spacial score (nSPS) is 10.2. The lowest BCUT2D eigenvalue weighted by Gasteiger charge is -2.16. The third kappa shape index (κ3) is 2.84. The highest BCUT2D eigenvalue weighted by Crippen LogP contribution is 2.16. The Morgan fingerprint density at radius 1 is 1.47 bits per heavy atom. The predicted octanol–water partition coefficient (Wildman–Crippen LogP) is 3.07. The molecule has 0 aliphatic rings. The van der Waals surface area contributed by atoms with Gasteiger partial charge in [0.25, 0.3) is 5.91 Å². The van der Waals surface area contributed by atoms with Crippen LogP contribution in [0, 0.1) is 0 Å². The quantitative estimate of drug-likeness (QED) is 0.800. The highest BCUT2D eigenvalue weighted by molar-refractivity contribution is 7.09. The van der Waals surface area contributed by atoms with Crippen LogP contribution in [0.1, 0.15) is 15.2 Å². The van der Waals surface area contributed by atoms with E-state index in [1.54, 1.807) is 41.6 Å². The van der Waals surface area contributed by atoms with Gasteiger partial charge in [0.15, 0.2) is 0 Å². The first-order chi connectivity index (χ1) is 8.18. The summed E-state index contributed by atoms with van der Waals surface area (Å²) in [5.74, 6) is -0.114. The standard InChI is InChI=1S/C12H11ClN2OS/c1-15(8-9-4-3-7-17-9)12(16)10-5-2-6-14-11(10)13/h2-7H,8H2,1H3. The lowest BCUT2D eigenvalue weighted by Crippen LogP contribution is -2.26. The van der Waals surface area contributed by atoms with E-state index in [1.165, 1.54) is 0 Å². The number of aromatic nitrogens is 1. The third-order valence-electron chi connectivity index (χ3n) is 2.31. The summed E-state index contributed by atoms with van der Waals surface area (Å²) in [6.07, 6.45) is 1.57. The van der Waals surface area contributed by atoms with Crippen LogP contribution in [-0.2, 0) is 6.54 Å². The molecule has 0 aliphatic carbocycles. The number of carbonyl (C=O) groups excluding carboxylic acids is 1. The molecule has 3 nitrogen and oxygen atoms in total. The second-order valence-corrected chi connectivity index (χ2v) is 4.97. The van der Waals surface area contributed by atoms with E-state index in [4.69, 9.17) is 11.6 Å². The number of rotatable bonds is 3. The van der Waals surface area contributed by atoms with Gasteiger partial charge in [-0.2, -0.15) is 0 Å². The Labute approximate surface area is 109 Å². The first-order valence-corrected chi connectivity index (χ1v) is 6.32. The first-order valence-electron chi connectivity index (χ1n) is 5.07. The second kappa shape index (κ2) is 5.29. The number of carbonyl (C=O) groups is 1. The van der Waals surface area contributed by atoms with Crippen molar-refractivity contribution >= 4 is 28.8 Å². The molecule has 2 rings (SSSR count). The van der Waals surface area contributed by atoms with Crippen LogP contribution in [0.25, 0.3) is 0 Å². The topological polar surface area (TPSA) is 33.2 Å². The van der Waals surface area contributed by atoms with Crippen LogP contribution in [0.3, 0.4) is 0 Å². The molecule has 2 aromatic rings. The van der Waals surface area contributed by atoms with Gasteiger partial charge >= 0.3 is 0 Å². The smallest absolute Gasteiger partial charge is 0.257 e. The summed E-state index contributed by atoms with van der Waals surface area (Å²) in [5.41, 5.74) is 0.438. The van der Waals surface area contributed by atoms with Crippen LogP contribution in [0.5, 0.6) is 0 Å². The van der Waals surface area contributed by atoms with Crippen LogP contribution in [-0.4, -0.2) is 22.8 Å². The molecule has 0 saturated carbocycles. The second-order valence-electron chi connectivity index (χ2n) is 3.58. The van der Waals surface area contributed by atoms with Crippen molar-refractivity contribution < 1.29 is 4.79 Å². The van der Waals surface area contributed by atoms with Crippen molar-refractivity contribution in [1.29, 1.82) is 0 Å². The van der Waals surface area contributed by atoms with Gasteiger partial charge in [-0.25, -0.2) is 4.98 Å². The highest BCUT2D eigenvalue weighted by atomic mass is 35.5. The Balaban J connectivity index is 2.13. The maximum absolute atomic E-state index is 12.1. The lowest BCUT2D eigenvalue weighted by molar-refractivity contribution is 0.0786. The summed E-state index contributed by atoms with van der Waals surface area (Å²) in [6, 6.07) is 7.36. The average molecular weight is 267 g/mol. The largest absolute Gasteiger partial charge is 0.336 e. The number of nitrogens with zero attached hydrogens (tertiary/aromatic N) is 2. The van der Waals surface area contributed by atoms with Gasteiger partial charge in [-0.3, -0.25) is 4.79 Å². The Bertz CT molecular complexity index is 513. The number of thiophene rings is 1. The minimum atomic E-state index is -0.114. The van der Waals surface area contributed by atoms with Crippen molar-refractivity contribution in [2.24, 2.45) is 0 Å². The number of hydrogen-bond donors (Lipinski definition) is 0. The summed E-state index contributed by atoms with van der Waals surface area (Å²) in [4.78, 5) is 18.8. The van der Waals surface area contributed by atoms with Gasteiger partial charge in [0.05, 0.1) is 12.1 Å². The van der Waals surface area contributed by atoms with Crippen LogP contribution >= 0.6 is 22.9 Å². The Morgan fingerprint density at radius 3 is 2.94 bits per heavy atom. The Kier molecular flexibility index (Phi) is 3.76. The van der Waals surface area contributed by atoms with Crippen LogP contribution in [0.2, 0.25) is 5.15 Å². The molecule has 0 saturated heterocycles. The molecular weight excluding hydrogens is 256 g/mol. The van der Waals surface area contributed by atoms with Crippen LogP contribution in [0.4, 0.5) is 0 Å². The van der Waals surface area contributed by atoms with Gasteiger partial charge in [0.2, 0.25) is 0 Å². The minimum Gasteiger partial charge on any atom is -0.336 e. The van der Waals surface area contributed by atoms with Crippen molar-refractivity contribution in [2.75, 3.05) is 7.05 Å². The van der Waals surface area contributed by atoms with Crippen molar-refractivity contribution in [3.63, 3.8) is 0 Å². The monoisotopic (exact) mass is 266 g/mol. The van der Waals surface area contributed by atoms with E-state index in [0.717, 1.165) is 4.88 Å². The van der Waals surface area contributed by atoms with E-state index in [0.29, 0.717) is 12.1 Å². The molecule has 0 atom stereocenters. The van der Waals surface area contributed by atoms with E-state index in [-0.39, 0.29) is 11.1 Å². The van der Waals surface area contributed by atoms with Gasteiger partial charge in [0, 0.05) is 18.1 Å². The number of halogens is 1. The molecular formula is C12H11ClN2OS. The molecule has 0 radical (unpaired) electrons. The van der Waals surface area contributed by atoms with Crippen molar-refractivity contribution in [3.05, 3.63) is 51.4 Å². The maximum atomic E-state index is 12.1. The van der Waals surface area contributed by atoms with Gasteiger partial charge < -0.3 is 4.90 Å². The fraction of sp³-hybridized carbons (Fsp3) is 0.167. The van der Waals surface area contributed by atoms with E-state index in [1.807, 2.05) is 17.5 Å². The first kappa shape index (κ1) is 12.1. The zero-order chi connectivity index (χ0) is 12.3. The fourth-order valence-electron chi connectivity index (χ4n) is 1.46. The zero-order valence-corrected chi connectivity index (χ0v) is 10.8. The molecule has 0 aliphatic heterocycles. The molecule has 0 spiro atoms. The lowest BCUT2D eigenvalue weighted by atomic mass is 10.2. The minimum absolute atomic E-state index is 0.114.